The molecule has 4 atom stereocenters. The molecule has 0 aromatic carbocycles. The summed E-state index contributed by atoms with van der Waals surface area (Å²) in [6.45, 7) is 5.79. The maximum absolute atomic E-state index is 13.6. The normalized spacial score (nSPS) is 32.5. The second kappa shape index (κ2) is 10.8. The molecule has 4 rings (SSSR count). The number of nitrogens with zero attached hydrogens (tertiary/aromatic N) is 1. The number of alkyl carbamates (subject to hydrolysis) is 1. The van der Waals surface area contributed by atoms with Gasteiger partial charge in [0.1, 0.15) is 23.2 Å². The lowest BCUT2D eigenvalue weighted by Gasteiger charge is -2.32. The monoisotopic (exact) mass is 502 g/mol. The van der Waals surface area contributed by atoms with Crippen molar-refractivity contribution >= 4 is 23.8 Å². The molecule has 9 heteroatoms. The van der Waals surface area contributed by atoms with E-state index in [1.54, 1.807) is 25.7 Å². The largest absolute Gasteiger partial charge is 0.444 e. The van der Waals surface area contributed by atoms with Gasteiger partial charge in [-0.3, -0.25) is 14.4 Å². The Morgan fingerprint density at radius 2 is 1.81 bits per heavy atom. The van der Waals surface area contributed by atoms with Crippen LogP contribution in [0.15, 0.2) is 12.2 Å². The van der Waals surface area contributed by atoms with Crippen molar-refractivity contribution in [2.45, 2.75) is 121 Å². The van der Waals surface area contributed by atoms with Gasteiger partial charge in [-0.1, -0.05) is 25.0 Å². The molecule has 200 valence electrons. The van der Waals surface area contributed by atoms with E-state index in [0.717, 1.165) is 44.9 Å². The van der Waals surface area contributed by atoms with Crippen molar-refractivity contribution in [3.05, 3.63) is 12.2 Å². The molecular weight excluding hydrogens is 460 g/mol. The molecule has 0 bridgehead atoms. The number of carbonyl (C=O) groups is 4. The van der Waals surface area contributed by atoms with Crippen LogP contribution >= 0.6 is 0 Å². The van der Waals surface area contributed by atoms with Gasteiger partial charge in [0.25, 0.3) is 0 Å². The smallest absolute Gasteiger partial charge is 0.408 e. The molecule has 0 aromatic heterocycles. The number of carbonyl (C=O) groups excluding carboxylic acids is 4. The summed E-state index contributed by atoms with van der Waals surface area (Å²) >= 11 is 0. The summed E-state index contributed by atoms with van der Waals surface area (Å²) in [5.41, 5.74) is -1.61. The first-order chi connectivity index (χ1) is 17.1. The van der Waals surface area contributed by atoms with Crippen LogP contribution in [0.5, 0.6) is 0 Å². The molecule has 0 spiro atoms. The lowest BCUT2D eigenvalue weighted by molar-refractivity contribution is -0.141. The van der Waals surface area contributed by atoms with Crippen LogP contribution in [0.2, 0.25) is 0 Å². The lowest BCUT2D eigenvalue weighted by Crippen LogP contribution is -2.59. The molecule has 4 amide bonds. The third-order valence-electron chi connectivity index (χ3n) is 7.77. The molecule has 2 saturated carbocycles. The van der Waals surface area contributed by atoms with Gasteiger partial charge in [0.05, 0.1) is 0 Å². The number of nitrogens with one attached hydrogen (secondary N) is 3. The summed E-state index contributed by atoms with van der Waals surface area (Å²) in [7, 11) is 0. The molecular formula is C27H42N4O5. The second-order valence-electron chi connectivity index (χ2n) is 11.8. The Morgan fingerprint density at radius 3 is 2.50 bits per heavy atom. The van der Waals surface area contributed by atoms with Gasteiger partial charge in [0, 0.05) is 18.5 Å². The topological polar surface area (TPSA) is 117 Å². The van der Waals surface area contributed by atoms with Gasteiger partial charge in [-0.05, 0) is 78.6 Å². The van der Waals surface area contributed by atoms with Gasteiger partial charge in [-0.25, -0.2) is 4.79 Å². The first-order valence-corrected chi connectivity index (χ1v) is 13.7. The van der Waals surface area contributed by atoms with Crippen molar-refractivity contribution < 1.29 is 23.9 Å². The predicted molar refractivity (Wildman–Crippen MR) is 135 cm³/mol. The van der Waals surface area contributed by atoms with Crippen molar-refractivity contribution in [1.29, 1.82) is 0 Å². The van der Waals surface area contributed by atoms with Crippen LogP contribution in [0.3, 0.4) is 0 Å². The molecule has 36 heavy (non-hydrogen) atoms. The number of amides is 4. The molecule has 2 heterocycles. The minimum atomic E-state index is -0.936. The van der Waals surface area contributed by atoms with Crippen molar-refractivity contribution in [3.63, 3.8) is 0 Å². The van der Waals surface area contributed by atoms with Crippen LogP contribution in [-0.4, -0.2) is 64.5 Å². The van der Waals surface area contributed by atoms with Gasteiger partial charge in [-0.2, -0.15) is 0 Å². The Bertz CT molecular complexity index is 893. The van der Waals surface area contributed by atoms with E-state index in [4.69, 9.17) is 4.74 Å². The van der Waals surface area contributed by atoms with E-state index < -0.39 is 29.3 Å². The number of rotatable bonds is 3. The van der Waals surface area contributed by atoms with Crippen LogP contribution in [-0.2, 0) is 19.1 Å². The Hall–Kier alpha value is -2.58. The Labute approximate surface area is 214 Å². The highest BCUT2D eigenvalue weighted by Gasteiger charge is 2.61. The Balaban J connectivity index is 1.51. The fourth-order valence-electron chi connectivity index (χ4n) is 5.41. The van der Waals surface area contributed by atoms with Crippen molar-refractivity contribution in [2.75, 3.05) is 6.54 Å². The van der Waals surface area contributed by atoms with E-state index in [-0.39, 0.29) is 29.7 Å². The van der Waals surface area contributed by atoms with E-state index in [9.17, 15) is 19.2 Å². The molecule has 3 fully saturated rings. The van der Waals surface area contributed by atoms with Gasteiger partial charge >= 0.3 is 6.09 Å². The van der Waals surface area contributed by atoms with Crippen LogP contribution in [0.25, 0.3) is 0 Å². The number of hydrogen-bond acceptors (Lipinski definition) is 5. The predicted octanol–water partition coefficient (Wildman–Crippen LogP) is 2.93. The van der Waals surface area contributed by atoms with Gasteiger partial charge in [0.15, 0.2) is 0 Å². The highest BCUT2D eigenvalue weighted by molar-refractivity contribution is 5.98. The Kier molecular flexibility index (Phi) is 7.95. The fraction of sp³-hybridized carbons (Fsp3) is 0.778. The van der Waals surface area contributed by atoms with Gasteiger partial charge in [-0.15, -0.1) is 0 Å². The third-order valence-corrected chi connectivity index (χ3v) is 7.77. The molecule has 3 N–H and O–H groups in total. The standard InChI is InChI=1S/C27H42N4O5/c1-26(2,3)36-25(35)29-20-14-8-6-4-5-7-11-18-17-27(18,24(34)28-19-12-9-13-19)30-22(32)21-15-10-16-31(21)23(20)33/h7,11,18-21H,4-6,8-10,12-17H2,1-3H3,(H,28,34)(H,29,35)(H,30,32)/b11-7-/t18-,20+,21?,27-/m1/s1. The zero-order valence-corrected chi connectivity index (χ0v) is 21.9. The van der Waals surface area contributed by atoms with Gasteiger partial charge in [0.2, 0.25) is 17.7 Å². The molecule has 2 aliphatic heterocycles. The average molecular weight is 503 g/mol. The molecule has 1 unspecified atom stereocenters. The molecule has 1 saturated heterocycles. The molecule has 4 aliphatic rings. The third kappa shape index (κ3) is 6.21. The van der Waals surface area contributed by atoms with Crippen LogP contribution in [0.1, 0.15) is 91.4 Å². The fourth-order valence-corrected chi connectivity index (χ4v) is 5.41. The highest BCUT2D eigenvalue weighted by atomic mass is 16.6. The average Bonchev–Trinajstić information content (AvgIpc) is 3.23. The summed E-state index contributed by atoms with van der Waals surface area (Å²) in [6.07, 6.45) is 12.5. The van der Waals surface area contributed by atoms with Crippen LogP contribution in [0, 0.1) is 5.92 Å². The minimum Gasteiger partial charge on any atom is -0.444 e. The van der Waals surface area contributed by atoms with Gasteiger partial charge < -0.3 is 25.6 Å². The van der Waals surface area contributed by atoms with E-state index >= 15 is 0 Å². The summed E-state index contributed by atoms with van der Waals surface area (Å²) in [5.74, 6) is -0.683. The zero-order chi connectivity index (χ0) is 25.9. The minimum absolute atomic E-state index is 0.0289. The van der Waals surface area contributed by atoms with E-state index in [0.29, 0.717) is 32.2 Å². The molecule has 0 aromatic rings. The molecule has 2 aliphatic carbocycles. The van der Waals surface area contributed by atoms with E-state index in [1.807, 2.05) is 0 Å². The first kappa shape index (κ1) is 26.5. The summed E-state index contributed by atoms with van der Waals surface area (Å²) in [5, 5.41) is 8.94. The highest BCUT2D eigenvalue weighted by Crippen LogP contribution is 2.46. The van der Waals surface area contributed by atoms with Crippen LogP contribution in [0.4, 0.5) is 4.79 Å². The number of hydrogen-bond donors (Lipinski definition) is 3. The summed E-state index contributed by atoms with van der Waals surface area (Å²) in [4.78, 5) is 54.4. The van der Waals surface area contributed by atoms with Crippen molar-refractivity contribution in [3.8, 4) is 0 Å². The zero-order valence-electron chi connectivity index (χ0n) is 21.9. The molecule has 0 radical (unpaired) electrons. The number of allylic oxidation sites excluding steroid dienone is 1. The van der Waals surface area contributed by atoms with E-state index in [2.05, 4.69) is 28.1 Å². The SMILES string of the molecule is CC(C)(C)OC(=O)N[C@H]1CCCCC/C=C\[C@@H]2C[C@@]2(C(=O)NC2CCC2)NC(=O)C2CCCN2C1=O. The quantitative estimate of drug-likeness (QED) is 0.513. The maximum Gasteiger partial charge on any atom is 0.408 e. The number of ether oxygens (including phenoxy) is 1. The number of fused-ring (bicyclic) bond motifs is 2. The van der Waals surface area contributed by atoms with Crippen molar-refractivity contribution in [2.24, 2.45) is 5.92 Å². The van der Waals surface area contributed by atoms with E-state index in [1.165, 1.54) is 0 Å². The maximum atomic E-state index is 13.6. The second-order valence-corrected chi connectivity index (χ2v) is 11.8. The summed E-state index contributed by atoms with van der Waals surface area (Å²) in [6, 6.07) is -1.21. The van der Waals surface area contributed by atoms with Crippen LogP contribution < -0.4 is 16.0 Å². The Morgan fingerprint density at radius 1 is 1.03 bits per heavy atom. The summed E-state index contributed by atoms with van der Waals surface area (Å²) < 4.78 is 5.40. The van der Waals surface area contributed by atoms with Crippen molar-refractivity contribution in [1.82, 2.24) is 20.9 Å². The first-order valence-electron chi connectivity index (χ1n) is 13.7. The molecule has 9 nitrogen and oxygen atoms in total. The lowest BCUT2D eigenvalue weighted by atomic mass is 9.92.